The van der Waals surface area contributed by atoms with Crippen molar-refractivity contribution < 1.29 is 18.0 Å². The molecule has 0 aromatic heterocycles. The van der Waals surface area contributed by atoms with Crippen molar-refractivity contribution in [3.8, 4) is 0 Å². The lowest BCUT2D eigenvalue weighted by Crippen LogP contribution is -2.55. The van der Waals surface area contributed by atoms with Gasteiger partial charge in [0, 0.05) is 24.7 Å². The van der Waals surface area contributed by atoms with Crippen molar-refractivity contribution in [3.05, 3.63) is 70.2 Å². The van der Waals surface area contributed by atoms with Gasteiger partial charge in [0.2, 0.25) is 11.8 Å². The molecule has 11 heteroatoms. The second-order valence-electron chi connectivity index (χ2n) is 9.97. The Balaban J connectivity index is 1.67. The molecular weight excluding hydrogens is 526 g/mol. The smallest absolute Gasteiger partial charge is 0.277 e. The highest BCUT2D eigenvalue weighted by Gasteiger charge is 2.38. The molecule has 0 spiro atoms. The maximum Gasteiger partial charge on any atom is 0.277 e. The number of likely N-dealkylation sites (tertiary alicyclic amines) is 1. The summed E-state index contributed by atoms with van der Waals surface area (Å²) in [6, 6.07) is 13.0. The third kappa shape index (κ3) is 8.78. The molecule has 0 bridgehead atoms. The summed E-state index contributed by atoms with van der Waals surface area (Å²) in [7, 11) is -3.97. The van der Waals surface area contributed by atoms with Crippen LogP contribution in [0.25, 0.3) is 0 Å². The molecule has 2 aromatic carbocycles. The van der Waals surface area contributed by atoms with Crippen LogP contribution in [0, 0.1) is 5.92 Å². The molecule has 9 nitrogen and oxygen atoms in total. The van der Waals surface area contributed by atoms with E-state index in [2.05, 4.69) is 14.8 Å². The van der Waals surface area contributed by atoms with Crippen LogP contribution in [0.1, 0.15) is 49.8 Å². The zero-order chi connectivity index (χ0) is 27.7. The molecule has 1 fully saturated rings. The van der Waals surface area contributed by atoms with Crippen LogP contribution in [0.4, 0.5) is 0 Å². The van der Waals surface area contributed by atoms with E-state index in [0.29, 0.717) is 43.8 Å². The van der Waals surface area contributed by atoms with Gasteiger partial charge in [0.05, 0.1) is 0 Å². The molecule has 3 rings (SSSR count). The maximum atomic E-state index is 13.6. The summed E-state index contributed by atoms with van der Waals surface area (Å²) in [6.07, 6.45) is 2.13. The molecule has 1 saturated heterocycles. The Morgan fingerprint density at radius 1 is 1.11 bits per heavy atom. The van der Waals surface area contributed by atoms with Gasteiger partial charge in [-0.05, 0) is 67.0 Å². The lowest BCUT2D eigenvalue weighted by molar-refractivity contribution is -0.140. The van der Waals surface area contributed by atoms with Gasteiger partial charge in [-0.25, -0.2) is 0 Å². The number of halogens is 1. The standard InChI is InChI=1S/C27H38ClN5O4S/c1-19(2)15-24(32-38(36,37)31-17-20-7-4-3-5-8-20)27(35)33-14-6-9-25(33)26(34)30-18-22-16-23(28)11-10-21(22)12-13-29/h3-5,7-8,10-11,16,19,24-25,31-32H,6,9,12-15,17-18,29H2,1-2H3,(H,30,34)/t24-,25-/m0/s1. The van der Waals surface area contributed by atoms with E-state index >= 15 is 0 Å². The summed E-state index contributed by atoms with van der Waals surface area (Å²) in [4.78, 5) is 28.2. The zero-order valence-corrected chi connectivity index (χ0v) is 23.5. The minimum Gasteiger partial charge on any atom is -0.350 e. The number of nitrogens with zero attached hydrogens (tertiary/aromatic N) is 1. The number of carbonyl (C=O) groups excluding carboxylic acids is 2. The van der Waals surface area contributed by atoms with Crippen molar-refractivity contribution in [1.82, 2.24) is 19.7 Å². The molecule has 1 aliphatic heterocycles. The second-order valence-corrected chi connectivity index (χ2v) is 11.9. The summed E-state index contributed by atoms with van der Waals surface area (Å²) in [5.74, 6) is -0.615. The van der Waals surface area contributed by atoms with Gasteiger partial charge in [0.25, 0.3) is 10.2 Å². The van der Waals surface area contributed by atoms with Gasteiger partial charge in [-0.2, -0.15) is 17.9 Å². The normalized spacial score (nSPS) is 16.6. The molecule has 208 valence electrons. The summed E-state index contributed by atoms with van der Waals surface area (Å²) < 4.78 is 30.7. The third-order valence-electron chi connectivity index (χ3n) is 6.49. The van der Waals surface area contributed by atoms with Crippen LogP contribution in [0.3, 0.4) is 0 Å². The van der Waals surface area contributed by atoms with Crippen LogP contribution in [0.5, 0.6) is 0 Å². The molecule has 1 heterocycles. The second kappa shape index (κ2) is 14.0. The van der Waals surface area contributed by atoms with E-state index in [0.717, 1.165) is 16.7 Å². The Labute approximate surface area is 230 Å². The van der Waals surface area contributed by atoms with Gasteiger partial charge in [-0.3, -0.25) is 9.59 Å². The number of nitrogens with two attached hydrogens (primary N) is 1. The van der Waals surface area contributed by atoms with Gasteiger partial charge in [-0.15, -0.1) is 0 Å². The lowest BCUT2D eigenvalue weighted by Gasteiger charge is -2.29. The van der Waals surface area contributed by atoms with Gasteiger partial charge < -0.3 is 16.0 Å². The van der Waals surface area contributed by atoms with Crippen molar-refractivity contribution in [2.75, 3.05) is 13.1 Å². The number of carbonyl (C=O) groups is 2. The quantitative estimate of drug-likeness (QED) is 0.297. The highest BCUT2D eigenvalue weighted by atomic mass is 35.5. The first-order valence-electron chi connectivity index (χ1n) is 13.0. The van der Waals surface area contributed by atoms with E-state index in [1.54, 1.807) is 12.1 Å². The topological polar surface area (TPSA) is 134 Å². The van der Waals surface area contributed by atoms with E-state index in [1.807, 2.05) is 50.2 Å². The first-order chi connectivity index (χ1) is 18.1. The molecule has 0 aliphatic carbocycles. The average molecular weight is 564 g/mol. The number of nitrogens with one attached hydrogen (secondary N) is 3. The monoisotopic (exact) mass is 563 g/mol. The molecule has 2 aromatic rings. The number of hydrogen-bond donors (Lipinski definition) is 4. The van der Waals surface area contributed by atoms with Gasteiger partial charge >= 0.3 is 0 Å². The Bertz CT molecular complexity index is 1190. The summed E-state index contributed by atoms with van der Waals surface area (Å²) in [6.45, 7) is 5.07. The molecule has 1 aliphatic rings. The fourth-order valence-electron chi connectivity index (χ4n) is 4.64. The predicted molar refractivity (Wildman–Crippen MR) is 149 cm³/mol. The molecule has 2 amide bonds. The Morgan fingerprint density at radius 2 is 1.84 bits per heavy atom. The minimum atomic E-state index is -3.97. The SMILES string of the molecule is CC(C)C[C@H](NS(=O)(=O)NCc1ccccc1)C(=O)N1CCC[C@H]1C(=O)NCc1cc(Cl)ccc1CCN. The fourth-order valence-corrected chi connectivity index (χ4v) is 5.84. The molecule has 5 N–H and O–H groups in total. The number of benzene rings is 2. The van der Waals surface area contributed by atoms with Crippen LogP contribution in [0.2, 0.25) is 5.02 Å². The highest BCUT2D eigenvalue weighted by molar-refractivity contribution is 7.87. The minimum absolute atomic E-state index is 0.0550. The number of hydrogen-bond acceptors (Lipinski definition) is 5. The van der Waals surface area contributed by atoms with Crippen LogP contribution in [-0.4, -0.2) is 50.3 Å². The maximum absolute atomic E-state index is 13.6. The Morgan fingerprint density at radius 3 is 2.53 bits per heavy atom. The highest BCUT2D eigenvalue weighted by Crippen LogP contribution is 2.22. The molecule has 38 heavy (non-hydrogen) atoms. The van der Waals surface area contributed by atoms with Crippen LogP contribution in [0.15, 0.2) is 48.5 Å². The van der Waals surface area contributed by atoms with Crippen LogP contribution in [-0.2, 0) is 39.3 Å². The van der Waals surface area contributed by atoms with Crippen LogP contribution < -0.4 is 20.5 Å². The van der Waals surface area contributed by atoms with Crippen molar-refractivity contribution in [1.29, 1.82) is 0 Å². The molecule has 2 atom stereocenters. The van der Waals surface area contributed by atoms with E-state index in [1.165, 1.54) is 4.90 Å². The van der Waals surface area contributed by atoms with Crippen molar-refractivity contribution >= 4 is 33.6 Å². The Hall–Kier alpha value is -2.50. The fraction of sp³-hybridized carbons (Fsp3) is 0.481. The summed E-state index contributed by atoms with van der Waals surface area (Å²) in [5, 5.41) is 3.50. The predicted octanol–water partition coefficient (Wildman–Crippen LogP) is 2.49. The summed E-state index contributed by atoms with van der Waals surface area (Å²) >= 11 is 6.15. The first kappa shape index (κ1) is 30.0. The van der Waals surface area contributed by atoms with Crippen LogP contribution >= 0.6 is 11.6 Å². The van der Waals surface area contributed by atoms with Crippen molar-refractivity contribution in [2.24, 2.45) is 11.7 Å². The van der Waals surface area contributed by atoms with E-state index in [4.69, 9.17) is 17.3 Å². The van der Waals surface area contributed by atoms with Gasteiger partial charge in [0.1, 0.15) is 12.1 Å². The average Bonchev–Trinajstić information content (AvgIpc) is 3.37. The van der Waals surface area contributed by atoms with Gasteiger partial charge in [-0.1, -0.05) is 61.8 Å². The third-order valence-corrected chi connectivity index (χ3v) is 7.84. The van der Waals surface area contributed by atoms with E-state index < -0.39 is 28.2 Å². The number of amides is 2. The first-order valence-corrected chi connectivity index (χ1v) is 14.8. The molecular formula is C27H38ClN5O4S. The lowest BCUT2D eigenvalue weighted by atomic mass is 10.0. The zero-order valence-electron chi connectivity index (χ0n) is 22.0. The Kier molecular flexibility index (Phi) is 11.1. The number of rotatable bonds is 13. The van der Waals surface area contributed by atoms with Crippen molar-refractivity contribution in [2.45, 2.75) is 64.7 Å². The largest absolute Gasteiger partial charge is 0.350 e. The molecule has 0 unspecified atom stereocenters. The van der Waals surface area contributed by atoms with Crippen molar-refractivity contribution in [3.63, 3.8) is 0 Å². The molecule has 0 radical (unpaired) electrons. The van der Waals surface area contributed by atoms with E-state index in [9.17, 15) is 18.0 Å². The summed E-state index contributed by atoms with van der Waals surface area (Å²) in [5.41, 5.74) is 8.40. The molecule has 0 saturated carbocycles. The van der Waals surface area contributed by atoms with Gasteiger partial charge in [0.15, 0.2) is 0 Å². The van der Waals surface area contributed by atoms with E-state index in [-0.39, 0.29) is 24.9 Å².